The molecular weight excluding hydrogens is 309 g/mol. The number of carbonyl (C=O) groups is 2. The van der Waals surface area contributed by atoms with Crippen molar-refractivity contribution in [1.29, 1.82) is 0 Å². The molecule has 2 aromatic carbocycles. The minimum atomic E-state index is -0.462. The van der Waals surface area contributed by atoms with E-state index in [0.717, 1.165) is 12.0 Å². The Hall–Kier alpha value is -2.89. The summed E-state index contributed by atoms with van der Waals surface area (Å²) in [5, 5.41) is 7.78. The van der Waals surface area contributed by atoms with Gasteiger partial charge in [-0.3, -0.25) is 4.79 Å². The van der Waals surface area contributed by atoms with E-state index in [4.69, 9.17) is 0 Å². The maximum Gasteiger partial charge on any atom is 0.315 e. The molecule has 0 spiro atoms. The van der Waals surface area contributed by atoms with Gasteiger partial charge < -0.3 is 16.0 Å². The van der Waals surface area contributed by atoms with E-state index in [1.54, 1.807) is 12.1 Å². The first kappa shape index (κ1) is 17.5. The van der Waals surface area contributed by atoms with Crippen molar-refractivity contribution in [2.24, 2.45) is 0 Å². The zero-order chi connectivity index (χ0) is 17.4. The average molecular weight is 329 g/mol. The highest BCUT2D eigenvalue weighted by Gasteiger charge is 2.06. The molecule has 0 heterocycles. The van der Waals surface area contributed by atoms with E-state index in [0.29, 0.717) is 5.69 Å². The van der Waals surface area contributed by atoms with E-state index in [1.807, 2.05) is 24.3 Å². The zero-order valence-corrected chi connectivity index (χ0v) is 13.4. The van der Waals surface area contributed by atoms with Crippen molar-refractivity contribution in [3.63, 3.8) is 0 Å². The fourth-order valence-corrected chi connectivity index (χ4v) is 2.04. The first-order valence-corrected chi connectivity index (χ1v) is 7.71. The van der Waals surface area contributed by atoms with Gasteiger partial charge in [-0.25, -0.2) is 9.18 Å². The molecule has 0 unspecified atom stereocenters. The van der Waals surface area contributed by atoms with Crippen LogP contribution in [0.2, 0.25) is 0 Å². The molecule has 0 aliphatic rings. The van der Waals surface area contributed by atoms with Crippen LogP contribution in [0.3, 0.4) is 0 Å². The van der Waals surface area contributed by atoms with Crippen molar-refractivity contribution in [2.75, 3.05) is 11.9 Å². The molecule has 126 valence electrons. The lowest BCUT2D eigenvalue weighted by atomic mass is 10.1. The van der Waals surface area contributed by atoms with Crippen LogP contribution in [0.1, 0.15) is 18.1 Å². The van der Waals surface area contributed by atoms with Crippen molar-refractivity contribution in [3.05, 3.63) is 65.5 Å². The monoisotopic (exact) mass is 329 g/mol. The summed E-state index contributed by atoms with van der Waals surface area (Å²) in [5.74, 6) is -0.636. The van der Waals surface area contributed by atoms with Crippen molar-refractivity contribution in [2.45, 2.75) is 19.9 Å². The summed E-state index contributed by atoms with van der Waals surface area (Å²) in [6, 6.07) is 12.9. The number of rotatable bonds is 6. The SMILES string of the molecule is CCc1ccc(NC(=O)CNC(=O)NCc2ccc(F)cc2)cc1. The second kappa shape index (κ2) is 8.67. The van der Waals surface area contributed by atoms with Crippen LogP contribution >= 0.6 is 0 Å². The van der Waals surface area contributed by atoms with Gasteiger partial charge in [0, 0.05) is 12.2 Å². The number of urea groups is 1. The molecule has 3 amide bonds. The van der Waals surface area contributed by atoms with Crippen LogP contribution in [-0.2, 0) is 17.8 Å². The van der Waals surface area contributed by atoms with Gasteiger partial charge in [-0.15, -0.1) is 0 Å². The van der Waals surface area contributed by atoms with Gasteiger partial charge in [0.2, 0.25) is 5.91 Å². The standard InChI is InChI=1S/C18H20FN3O2/c1-2-13-5-9-16(10-6-13)22-17(23)12-21-18(24)20-11-14-3-7-15(19)8-4-14/h3-10H,2,11-12H2,1H3,(H,22,23)(H2,20,21,24). The molecule has 0 radical (unpaired) electrons. The first-order chi connectivity index (χ1) is 11.6. The highest BCUT2D eigenvalue weighted by atomic mass is 19.1. The molecule has 0 saturated heterocycles. The third-order valence-electron chi connectivity index (χ3n) is 3.42. The number of amides is 3. The summed E-state index contributed by atoms with van der Waals surface area (Å²) in [7, 11) is 0. The first-order valence-electron chi connectivity index (χ1n) is 7.71. The molecule has 0 fully saturated rings. The molecule has 0 saturated carbocycles. The number of anilines is 1. The molecule has 3 N–H and O–H groups in total. The summed E-state index contributed by atoms with van der Waals surface area (Å²) in [6.45, 7) is 2.18. The fraction of sp³-hybridized carbons (Fsp3) is 0.222. The van der Waals surface area contributed by atoms with Gasteiger partial charge >= 0.3 is 6.03 Å². The maximum atomic E-state index is 12.8. The lowest BCUT2D eigenvalue weighted by Gasteiger charge is -2.09. The number of hydrogen-bond acceptors (Lipinski definition) is 2. The Bertz CT molecular complexity index is 684. The minimum Gasteiger partial charge on any atom is -0.334 e. The van der Waals surface area contributed by atoms with Gasteiger partial charge in [-0.1, -0.05) is 31.2 Å². The number of carbonyl (C=O) groups excluding carboxylic acids is 2. The van der Waals surface area contributed by atoms with Crippen LogP contribution in [0, 0.1) is 5.82 Å². The Morgan fingerprint density at radius 1 is 0.917 bits per heavy atom. The minimum absolute atomic E-state index is 0.134. The number of benzene rings is 2. The number of halogens is 1. The molecule has 0 atom stereocenters. The van der Waals surface area contributed by atoms with E-state index in [1.165, 1.54) is 17.7 Å². The van der Waals surface area contributed by atoms with Crippen LogP contribution in [0.5, 0.6) is 0 Å². The quantitative estimate of drug-likeness (QED) is 0.763. The second-order valence-electron chi connectivity index (χ2n) is 5.26. The number of hydrogen-bond donors (Lipinski definition) is 3. The number of nitrogens with one attached hydrogen (secondary N) is 3. The van der Waals surface area contributed by atoms with E-state index in [-0.39, 0.29) is 24.8 Å². The Kier molecular flexibility index (Phi) is 6.31. The molecule has 0 aliphatic carbocycles. The van der Waals surface area contributed by atoms with Gasteiger partial charge in [0.15, 0.2) is 0 Å². The van der Waals surface area contributed by atoms with Gasteiger partial charge in [0.05, 0.1) is 6.54 Å². The summed E-state index contributed by atoms with van der Waals surface area (Å²) in [6.07, 6.45) is 0.935. The van der Waals surface area contributed by atoms with Crippen LogP contribution < -0.4 is 16.0 Å². The predicted octanol–water partition coefficient (Wildman–Crippen LogP) is 2.83. The van der Waals surface area contributed by atoms with Gasteiger partial charge in [0.25, 0.3) is 0 Å². The Morgan fingerprint density at radius 3 is 2.17 bits per heavy atom. The second-order valence-corrected chi connectivity index (χ2v) is 5.26. The van der Waals surface area contributed by atoms with Crippen LogP contribution in [0.4, 0.5) is 14.9 Å². The topological polar surface area (TPSA) is 70.2 Å². The molecule has 5 nitrogen and oxygen atoms in total. The lowest BCUT2D eigenvalue weighted by molar-refractivity contribution is -0.115. The molecule has 2 rings (SSSR count). The third kappa shape index (κ3) is 5.72. The summed E-state index contributed by atoms with van der Waals surface area (Å²) < 4.78 is 12.8. The largest absolute Gasteiger partial charge is 0.334 e. The van der Waals surface area contributed by atoms with E-state index < -0.39 is 6.03 Å². The Labute approximate surface area is 140 Å². The molecule has 0 aliphatic heterocycles. The Balaban J connectivity index is 1.70. The highest BCUT2D eigenvalue weighted by molar-refractivity contribution is 5.94. The van der Waals surface area contributed by atoms with Crippen molar-refractivity contribution in [1.82, 2.24) is 10.6 Å². The summed E-state index contributed by atoms with van der Waals surface area (Å²) in [5.41, 5.74) is 2.64. The number of aryl methyl sites for hydroxylation is 1. The average Bonchev–Trinajstić information content (AvgIpc) is 2.60. The van der Waals surface area contributed by atoms with E-state index in [9.17, 15) is 14.0 Å². The highest BCUT2D eigenvalue weighted by Crippen LogP contribution is 2.09. The Morgan fingerprint density at radius 2 is 1.54 bits per heavy atom. The smallest absolute Gasteiger partial charge is 0.315 e. The maximum absolute atomic E-state index is 12.8. The van der Waals surface area contributed by atoms with Gasteiger partial charge in [-0.2, -0.15) is 0 Å². The van der Waals surface area contributed by atoms with Crippen molar-refractivity contribution in [3.8, 4) is 0 Å². The summed E-state index contributed by atoms with van der Waals surface area (Å²) >= 11 is 0. The molecule has 0 aromatic heterocycles. The molecule has 6 heteroatoms. The van der Waals surface area contributed by atoms with Crippen LogP contribution in [0.25, 0.3) is 0 Å². The third-order valence-corrected chi connectivity index (χ3v) is 3.42. The van der Waals surface area contributed by atoms with E-state index in [2.05, 4.69) is 22.9 Å². The molecular formula is C18H20FN3O2. The van der Waals surface area contributed by atoms with E-state index >= 15 is 0 Å². The van der Waals surface area contributed by atoms with Crippen LogP contribution in [-0.4, -0.2) is 18.5 Å². The fourth-order valence-electron chi connectivity index (χ4n) is 2.04. The van der Waals surface area contributed by atoms with Gasteiger partial charge in [0.1, 0.15) is 5.82 Å². The van der Waals surface area contributed by atoms with Crippen LogP contribution in [0.15, 0.2) is 48.5 Å². The molecule has 2 aromatic rings. The summed E-state index contributed by atoms with van der Waals surface area (Å²) in [4.78, 5) is 23.4. The van der Waals surface area contributed by atoms with Crippen molar-refractivity contribution >= 4 is 17.6 Å². The molecule has 0 bridgehead atoms. The lowest BCUT2D eigenvalue weighted by Crippen LogP contribution is -2.39. The normalized spacial score (nSPS) is 10.1. The van der Waals surface area contributed by atoms with Crippen molar-refractivity contribution < 1.29 is 14.0 Å². The molecule has 24 heavy (non-hydrogen) atoms. The van der Waals surface area contributed by atoms with Gasteiger partial charge in [-0.05, 0) is 41.8 Å². The zero-order valence-electron chi connectivity index (χ0n) is 13.4. The predicted molar refractivity (Wildman–Crippen MR) is 91.1 cm³/mol.